The quantitative estimate of drug-likeness (QED) is 0.0452. The zero-order valence-corrected chi connectivity index (χ0v) is 34.7. The van der Waals surface area contributed by atoms with E-state index in [1.807, 2.05) is 0 Å². The van der Waals surface area contributed by atoms with Crippen molar-refractivity contribution in [2.45, 2.75) is 174 Å². The zero-order valence-electron chi connectivity index (χ0n) is 34.7. The Morgan fingerprint density at radius 2 is 0.611 bits per heavy atom. The lowest BCUT2D eigenvalue weighted by Crippen LogP contribution is -2.06. The van der Waals surface area contributed by atoms with Crippen LogP contribution in [0.4, 0.5) is 11.4 Å². The largest absolute Gasteiger partial charge is 0.399 e. The monoisotopic (exact) mass is 729 g/mol. The molecule has 2 unspecified atom stereocenters. The SMILES string of the molecule is CCCCCCCCCCCC(c1ccc(N)cc1)c1ccc(CC(C)Cc2ccc(C(CCCCCCCCCCC)c3ccc(N)cc3)cc2)cc1. The summed E-state index contributed by atoms with van der Waals surface area (Å²) in [5, 5.41) is 0. The van der Waals surface area contributed by atoms with Crippen molar-refractivity contribution in [3.8, 4) is 0 Å². The molecular formula is C52H76N2. The molecule has 0 aliphatic rings. The molecule has 4 aromatic rings. The van der Waals surface area contributed by atoms with E-state index in [2.05, 4.69) is 118 Å². The predicted molar refractivity (Wildman–Crippen MR) is 239 cm³/mol. The number of unbranched alkanes of at least 4 members (excludes halogenated alkanes) is 16. The molecule has 2 heteroatoms. The van der Waals surface area contributed by atoms with E-state index in [9.17, 15) is 0 Å². The first-order chi connectivity index (χ1) is 26.5. The molecule has 294 valence electrons. The van der Waals surface area contributed by atoms with Gasteiger partial charge in [0, 0.05) is 23.2 Å². The summed E-state index contributed by atoms with van der Waals surface area (Å²) in [6, 6.07) is 36.4. The van der Waals surface area contributed by atoms with Crippen molar-refractivity contribution < 1.29 is 0 Å². The summed E-state index contributed by atoms with van der Waals surface area (Å²) in [7, 11) is 0. The summed E-state index contributed by atoms with van der Waals surface area (Å²) in [6.07, 6.45) is 29.2. The molecule has 0 aromatic heterocycles. The smallest absolute Gasteiger partial charge is 0.0314 e. The summed E-state index contributed by atoms with van der Waals surface area (Å²) in [6.45, 7) is 7.00. The normalized spacial score (nSPS) is 13.2. The third-order valence-corrected chi connectivity index (χ3v) is 11.8. The van der Waals surface area contributed by atoms with Crippen molar-refractivity contribution in [3.05, 3.63) is 130 Å². The molecule has 0 saturated carbocycles. The Hall–Kier alpha value is -3.52. The van der Waals surface area contributed by atoms with Crippen LogP contribution in [-0.2, 0) is 12.8 Å². The van der Waals surface area contributed by atoms with Crippen LogP contribution >= 0.6 is 0 Å². The first kappa shape index (κ1) is 43.2. The first-order valence-corrected chi connectivity index (χ1v) is 22.3. The molecule has 4 N–H and O–H groups in total. The van der Waals surface area contributed by atoms with Gasteiger partial charge in [0.2, 0.25) is 0 Å². The second-order valence-corrected chi connectivity index (χ2v) is 16.7. The van der Waals surface area contributed by atoms with Crippen molar-refractivity contribution in [1.29, 1.82) is 0 Å². The number of anilines is 2. The minimum absolute atomic E-state index is 0.428. The Morgan fingerprint density at radius 1 is 0.352 bits per heavy atom. The van der Waals surface area contributed by atoms with Crippen LogP contribution in [0.3, 0.4) is 0 Å². The summed E-state index contributed by atoms with van der Waals surface area (Å²) in [5.41, 5.74) is 22.4. The minimum Gasteiger partial charge on any atom is -0.399 e. The second-order valence-electron chi connectivity index (χ2n) is 16.7. The fourth-order valence-electron chi connectivity index (χ4n) is 8.48. The average molecular weight is 729 g/mol. The van der Waals surface area contributed by atoms with Crippen LogP contribution in [0.5, 0.6) is 0 Å². The van der Waals surface area contributed by atoms with E-state index in [0.717, 1.165) is 24.2 Å². The second kappa shape index (κ2) is 25.5. The van der Waals surface area contributed by atoms with Crippen LogP contribution in [0.15, 0.2) is 97.1 Å². The highest BCUT2D eigenvalue weighted by atomic mass is 14.5. The van der Waals surface area contributed by atoms with Gasteiger partial charge in [-0.3, -0.25) is 0 Å². The van der Waals surface area contributed by atoms with Gasteiger partial charge in [0.1, 0.15) is 0 Å². The maximum absolute atomic E-state index is 6.07. The standard InChI is InChI=1S/C52H76N2/c1-4-6-8-10-12-14-16-18-20-22-51(47-32-36-49(53)37-33-47)45-28-24-43(25-29-45)40-42(3)41-44-26-30-46(31-27-44)52(48-34-38-50(54)39-35-48)23-21-19-17-15-13-11-9-7-5-2/h24-39,42,51-52H,4-23,40-41,53-54H2,1-3H3. The van der Waals surface area contributed by atoms with Gasteiger partial charge in [0.15, 0.2) is 0 Å². The summed E-state index contributed by atoms with van der Waals surface area (Å²) in [5.74, 6) is 1.43. The number of benzene rings is 4. The molecular weight excluding hydrogens is 653 g/mol. The van der Waals surface area contributed by atoms with Crippen molar-refractivity contribution in [3.63, 3.8) is 0 Å². The topological polar surface area (TPSA) is 52.0 Å². The molecule has 0 saturated heterocycles. The summed E-state index contributed by atoms with van der Waals surface area (Å²) in [4.78, 5) is 0. The third kappa shape index (κ3) is 16.1. The molecule has 2 nitrogen and oxygen atoms in total. The van der Waals surface area contributed by atoms with Gasteiger partial charge in [-0.15, -0.1) is 0 Å². The maximum atomic E-state index is 6.07. The third-order valence-electron chi connectivity index (χ3n) is 11.8. The number of hydrogen-bond acceptors (Lipinski definition) is 2. The van der Waals surface area contributed by atoms with Crippen molar-refractivity contribution >= 4 is 11.4 Å². The number of nitrogen functional groups attached to an aromatic ring is 2. The van der Waals surface area contributed by atoms with Crippen LogP contribution in [-0.4, -0.2) is 0 Å². The molecule has 0 heterocycles. The van der Waals surface area contributed by atoms with Crippen LogP contribution < -0.4 is 11.5 Å². The van der Waals surface area contributed by atoms with Gasteiger partial charge in [-0.25, -0.2) is 0 Å². The lowest BCUT2D eigenvalue weighted by molar-refractivity contribution is 0.545. The van der Waals surface area contributed by atoms with E-state index in [-0.39, 0.29) is 0 Å². The zero-order chi connectivity index (χ0) is 38.2. The van der Waals surface area contributed by atoms with Gasteiger partial charge >= 0.3 is 0 Å². The molecule has 2 atom stereocenters. The molecule has 0 amide bonds. The molecule has 4 aromatic carbocycles. The van der Waals surface area contributed by atoms with E-state index in [0.29, 0.717) is 17.8 Å². The molecule has 0 aliphatic heterocycles. The fourth-order valence-corrected chi connectivity index (χ4v) is 8.48. The van der Waals surface area contributed by atoms with Gasteiger partial charge < -0.3 is 11.5 Å². The van der Waals surface area contributed by atoms with Crippen LogP contribution in [0.1, 0.15) is 194 Å². The molecule has 0 bridgehead atoms. The van der Waals surface area contributed by atoms with E-state index < -0.39 is 0 Å². The summed E-state index contributed by atoms with van der Waals surface area (Å²) < 4.78 is 0. The van der Waals surface area contributed by atoms with Crippen molar-refractivity contribution in [1.82, 2.24) is 0 Å². The van der Waals surface area contributed by atoms with E-state index in [1.165, 1.54) is 162 Å². The maximum Gasteiger partial charge on any atom is 0.0314 e. The lowest BCUT2D eigenvalue weighted by Gasteiger charge is -2.20. The predicted octanol–water partition coefficient (Wildman–Crippen LogP) is 15.4. The van der Waals surface area contributed by atoms with Crippen LogP contribution in [0, 0.1) is 5.92 Å². The average Bonchev–Trinajstić information content (AvgIpc) is 3.18. The number of hydrogen-bond donors (Lipinski definition) is 2. The minimum atomic E-state index is 0.428. The first-order valence-electron chi connectivity index (χ1n) is 22.3. The molecule has 0 radical (unpaired) electrons. The molecule has 0 spiro atoms. The highest BCUT2D eigenvalue weighted by molar-refractivity contribution is 5.44. The van der Waals surface area contributed by atoms with Gasteiger partial charge in [-0.2, -0.15) is 0 Å². The Kier molecular flexibility index (Phi) is 20.4. The van der Waals surface area contributed by atoms with Gasteiger partial charge in [0.25, 0.3) is 0 Å². The Morgan fingerprint density at radius 3 is 0.907 bits per heavy atom. The number of nitrogens with two attached hydrogens (primary N) is 2. The van der Waals surface area contributed by atoms with Crippen LogP contribution in [0.2, 0.25) is 0 Å². The van der Waals surface area contributed by atoms with E-state index in [4.69, 9.17) is 11.5 Å². The molecule has 0 aliphatic carbocycles. The van der Waals surface area contributed by atoms with Crippen LogP contribution in [0.25, 0.3) is 0 Å². The number of rotatable bonds is 28. The molecule has 0 fully saturated rings. The lowest BCUT2D eigenvalue weighted by atomic mass is 9.85. The molecule has 54 heavy (non-hydrogen) atoms. The van der Waals surface area contributed by atoms with E-state index in [1.54, 1.807) is 0 Å². The Balaban J connectivity index is 1.29. The van der Waals surface area contributed by atoms with Crippen molar-refractivity contribution in [2.24, 2.45) is 5.92 Å². The Labute approximate surface area is 332 Å². The van der Waals surface area contributed by atoms with Gasteiger partial charge in [-0.05, 0) is 89.2 Å². The van der Waals surface area contributed by atoms with E-state index >= 15 is 0 Å². The van der Waals surface area contributed by atoms with Crippen molar-refractivity contribution in [2.75, 3.05) is 11.5 Å². The Bertz CT molecular complexity index is 1390. The highest BCUT2D eigenvalue weighted by Crippen LogP contribution is 2.33. The fraction of sp³-hybridized carbons (Fsp3) is 0.538. The summed E-state index contributed by atoms with van der Waals surface area (Å²) >= 11 is 0. The highest BCUT2D eigenvalue weighted by Gasteiger charge is 2.17. The van der Waals surface area contributed by atoms with Gasteiger partial charge in [0.05, 0.1) is 0 Å². The van der Waals surface area contributed by atoms with Gasteiger partial charge in [-0.1, -0.05) is 209 Å². The molecule has 4 rings (SSSR count).